The number of aromatic nitrogens is 2. The Hall–Kier alpha value is -6.07. The predicted octanol–water partition coefficient (Wildman–Crippen LogP) is 5.62. The van der Waals surface area contributed by atoms with Gasteiger partial charge in [0, 0.05) is 38.0 Å². The molecule has 0 saturated carbocycles. The largest absolute Gasteiger partial charge is 0.480 e. The normalized spacial score (nSPS) is 15.9. The first-order chi connectivity index (χ1) is 27.3. The lowest BCUT2D eigenvalue weighted by molar-refractivity contribution is -0.147. The molecule has 57 heavy (non-hydrogen) atoms. The fourth-order valence-electron chi connectivity index (χ4n) is 7.89. The van der Waals surface area contributed by atoms with Gasteiger partial charge in [-0.3, -0.25) is 14.4 Å². The van der Waals surface area contributed by atoms with Crippen LogP contribution < -0.4 is 16.4 Å². The van der Waals surface area contributed by atoms with Crippen molar-refractivity contribution in [3.63, 3.8) is 0 Å². The monoisotopic (exact) mass is 768 g/mol. The number of carbonyl (C=O) groups is 4. The highest BCUT2D eigenvalue weighted by Gasteiger charge is 2.43. The maximum atomic E-state index is 14.7. The third kappa shape index (κ3) is 8.84. The summed E-state index contributed by atoms with van der Waals surface area (Å²) >= 11 is 0. The topological polar surface area (TPSA) is 160 Å². The predicted molar refractivity (Wildman–Crippen MR) is 219 cm³/mol. The third-order valence-electron chi connectivity index (χ3n) is 10.9. The molecule has 1 aliphatic rings. The number of carbonyl (C=O) groups excluding carboxylic acids is 3. The number of carboxylic acids is 1. The van der Waals surface area contributed by atoms with Crippen molar-refractivity contribution >= 4 is 23.7 Å². The number of rotatable bonds is 15. The highest BCUT2D eigenvalue weighted by atomic mass is 16.4. The molecule has 1 unspecified atom stereocenters. The number of benzene rings is 4. The van der Waals surface area contributed by atoms with Crippen LogP contribution in [0.15, 0.2) is 128 Å². The van der Waals surface area contributed by atoms with Gasteiger partial charge in [0.25, 0.3) is 0 Å². The lowest BCUT2D eigenvalue weighted by Gasteiger charge is -2.41. The van der Waals surface area contributed by atoms with Crippen LogP contribution in [0, 0.1) is 5.41 Å². The number of carboxylic acid groups (broad SMARTS) is 1. The van der Waals surface area contributed by atoms with Crippen LogP contribution in [0.1, 0.15) is 80.0 Å². The maximum absolute atomic E-state index is 14.7. The molecule has 0 aliphatic carbocycles. The molecule has 11 nitrogen and oxygen atoms in total. The molecule has 296 valence electrons. The Bertz CT molecular complexity index is 2070. The molecule has 0 spiro atoms. The number of primary amides is 1. The first-order valence-corrected chi connectivity index (χ1v) is 19.4. The van der Waals surface area contributed by atoms with Gasteiger partial charge in [-0.25, -0.2) is 9.78 Å². The first-order valence-electron chi connectivity index (χ1n) is 19.4. The second kappa shape index (κ2) is 17.4. The Morgan fingerprint density at radius 3 is 1.86 bits per heavy atom. The van der Waals surface area contributed by atoms with Crippen molar-refractivity contribution in [2.24, 2.45) is 11.1 Å². The van der Waals surface area contributed by atoms with Crippen molar-refractivity contribution in [2.45, 2.75) is 83.1 Å². The molecule has 5 aromatic rings. The van der Waals surface area contributed by atoms with Gasteiger partial charge < -0.3 is 30.9 Å². The van der Waals surface area contributed by atoms with Crippen LogP contribution in [0.25, 0.3) is 0 Å². The van der Waals surface area contributed by atoms with Crippen LogP contribution in [-0.2, 0) is 37.7 Å². The zero-order valence-electron chi connectivity index (χ0n) is 33.0. The van der Waals surface area contributed by atoms with E-state index >= 15 is 0 Å². The minimum atomic E-state index is -1.33. The summed E-state index contributed by atoms with van der Waals surface area (Å²) < 4.78 is 2.17. The SMILES string of the molecule is CC(CN[C@H](C(=O)N1Cc2ccccc2C[C@H]1C(=O)N[C@@H](CCC(N)=O)C(=O)O)C(C)(C)C)c1cn(C(c2ccccc2)(c2ccccc2)c2ccccc2)cn1. The van der Waals surface area contributed by atoms with E-state index in [-0.39, 0.29) is 37.6 Å². The summed E-state index contributed by atoms with van der Waals surface area (Å²) in [6.07, 6.45) is 3.83. The van der Waals surface area contributed by atoms with Gasteiger partial charge >= 0.3 is 5.97 Å². The molecular formula is C46H52N6O5. The van der Waals surface area contributed by atoms with Crippen molar-refractivity contribution in [3.8, 4) is 0 Å². The number of fused-ring (bicyclic) bond motifs is 1. The zero-order valence-corrected chi connectivity index (χ0v) is 33.0. The van der Waals surface area contributed by atoms with Gasteiger partial charge in [0.2, 0.25) is 17.7 Å². The number of amides is 3. The van der Waals surface area contributed by atoms with E-state index in [0.29, 0.717) is 6.54 Å². The molecule has 4 atom stereocenters. The number of aliphatic carboxylic acids is 1. The minimum absolute atomic E-state index is 0.119. The highest BCUT2D eigenvalue weighted by molar-refractivity contribution is 5.93. The number of imidazole rings is 1. The molecule has 0 bridgehead atoms. The van der Waals surface area contributed by atoms with Crippen molar-refractivity contribution in [1.29, 1.82) is 0 Å². The lowest BCUT2D eigenvalue weighted by Crippen LogP contribution is -2.61. The molecule has 1 aromatic heterocycles. The zero-order chi connectivity index (χ0) is 40.7. The number of nitrogens with zero attached hydrogens (tertiary/aromatic N) is 3. The second-order valence-corrected chi connectivity index (χ2v) is 16.0. The van der Waals surface area contributed by atoms with E-state index < -0.39 is 46.9 Å². The van der Waals surface area contributed by atoms with Crippen molar-refractivity contribution in [3.05, 3.63) is 161 Å². The number of hydrogen-bond acceptors (Lipinski definition) is 6. The second-order valence-electron chi connectivity index (χ2n) is 16.0. The van der Waals surface area contributed by atoms with E-state index in [9.17, 15) is 24.3 Å². The van der Waals surface area contributed by atoms with Crippen LogP contribution in [0.5, 0.6) is 0 Å². The van der Waals surface area contributed by atoms with E-state index in [0.717, 1.165) is 33.5 Å². The number of nitrogens with one attached hydrogen (secondary N) is 2. The molecular weight excluding hydrogens is 717 g/mol. The Labute approximate surface area is 334 Å². The van der Waals surface area contributed by atoms with Crippen LogP contribution in [-0.4, -0.2) is 67.9 Å². The Morgan fingerprint density at radius 1 is 0.825 bits per heavy atom. The van der Waals surface area contributed by atoms with E-state index in [4.69, 9.17) is 10.7 Å². The number of nitrogens with two attached hydrogens (primary N) is 1. The molecule has 1 aliphatic heterocycles. The fraction of sp³-hybridized carbons (Fsp3) is 0.326. The average molecular weight is 769 g/mol. The van der Waals surface area contributed by atoms with Crippen LogP contribution in [0.4, 0.5) is 0 Å². The Kier molecular flexibility index (Phi) is 12.4. The summed E-state index contributed by atoms with van der Waals surface area (Å²) in [4.78, 5) is 58.6. The summed E-state index contributed by atoms with van der Waals surface area (Å²) in [5.41, 5.74) is 9.91. The molecule has 6 rings (SSSR count). The van der Waals surface area contributed by atoms with Crippen LogP contribution in [0.3, 0.4) is 0 Å². The standard InChI is InChI=1S/C46H52N6O5/c1-31(38-29-51(30-49-38)46(34-18-8-5-9-19-34,35-20-10-6-11-21-35)36-22-12-7-13-23-36)27-48-41(45(2,3)4)43(55)52-28-33-17-15-14-16-32(33)26-39(52)42(54)50-37(44(56)57)24-25-40(47)53/h5-23,29-31,37,39,41,48H,24-28H2,1-4H3,(H2,47,53)(H,50,54)(H,56,57)/t31?,37-,39-,41+/m0/s1. The van der Waals surface area contributed by atoms with Crippen molar-refractivity contribution < 1.29 is 24.3 Å². The smallest absolute Gasteiger partial charge is 0.326 e. The van der Waals surface area contributed by atoms with Crippen LogP contribution in [0.2, 0.25) is 0 Å². The Balaban J connectivity index is 1.28. The van der Waals surface area contributed by atoms with Gasteiger partial charge in [0.05, 0.1) is 18.1 Å². The summed E-state index contributed by atoms with van der Waals surface area (Å²) in [5.74, 6) is -2.93. The first kappa shape index (κ1) is 40.6. The van der Waals surface area contributed by atoms with E-state index in [1.165, 1.54) is 0 Å². The summed E-state index contributed by atoms with van der Waals surface area (Å²) in [5, 5.41) is 16.0. The van der Waals surface area contributed by atoms with Gasteiger partial charge in [-0.2, -0.15) is 0 Å². The molecule has 0 fully saturated rings. The summed E-state index contributed by atoms with van der Waals surface area (Å²) in [6.45, 7) is 8.61. The average Bonchev–Trinajstić information content (AvgIpc) is 3.70. The van der Waals surface area contributed by atoms with Gasteiger partial charge in [-0.15, -0.1) is 0 Å². The molecule has 3 amide bonds. The Morgan fingerprint density at radius 2 is 1.35 bits per heavy atom. The van der Waals surface area contributed by atoms with Crippen molar-refractivity contribution in [1.82, 2.24) is 25.1 Å². The molecule has 4 aromatic carbocycles. The number of hydrogen-bond donors (Lipinski definition) is 4. The molecule has 0 radical (unpaired) electrons. The van der Waals surface area contributed by atoms with Crippen LogP contribution >= 0.6 is 0 Å². The minimum Gasteiger partial charge on any atom is -0.480 e. The van der Waals surface area contributed by atoms with Crippen molar-refractivity contribution in [2.75, 3.05) is 6.54 Å². The maximum Gasteiger partial charge on any atom is 0.326 e. The highest BCUT2D eigenvalue weighted by Crippen LogP contribution is 2.41. The molecule has 11 heteroatoms. The summed E-state index contributed by atoms with van der Waals surface area (Å²) in [6, 6.07) is 35.8. The third-order valence-corrected chi connectivity index (χ3v) is 10.9. The quantitative estimate of drug-likeness (QED) is 0.101. The van der Waals surface area contributed by atoms with Gasteiger partial charge in [0.1, 0.15) is 17.6 Å². The van der Waals surface area contributed by atoms with E-state index in [1.807, 2.05) is 106 Å². The van der Waals surface area contributed by atoms with Gasteiger partial charge in [-0.1, -0.05) is 143 Å². The summed E-state index contributed by atoms with van der Waals surface area (Å²) in [7, 11) is 0. The van der Waals surface area contributed by atoms with Gasteiger partial charge in [-0.05, 0) is 39.7 Å². The molecule has 5 N–H and O–H groups in total. The van der Waals surface area contributed by atoms with Gasteiger partial charge in [0.15, 0.2) is 0 Å². The lowest BCUT2D eigenvalue weighted by atomic mass is 9.76. The fourth-order valence-corrected chi connectivity index (χ4v) is 7.89. The van der Waals surface area contributed by atoms with E-state index in [1.54, 1.807) is 4.90 Å². The molecule has 0 saturated heterocycles. The van der Waals surface area contributed by atoms with E-state index in [2.05, 4.69) is 64.7 Å². The molecule has 2 heterocycles.